The van der Waals surface area contributed by atoms with Crippen LogP contribution in [0, 0.1) is 0 Å². The third-order valence-electron chi connectivity index (χ3n) is 1.55. The van der Waals surface area contributed by atoms with Gasteiger partial charge in [-0.05, 0) is 25.1 Å². The van der Waals surface area contributed by atoms with Crippen molar-refractivity contribution in [2.45, 2.75) is 6.92 Å². The van der Waals surface area contributed by atoms with Gasteiger partial charge in [0.05, 0.1) is 0 Å². The van der Waals surface area contributed by atoms with Gasteiger partial charge in [-0.1, -0.05) is 43.0 Å². The molecule has 0 amide bonds. The summed E-state index contributed by atoms with van der Waals surface area (Å²) in [5.74, 6) is 1.41. The maximum absolute atomic E-state index is 5.44. The fourth-order valence-electron chi connectivity index (χ4n) is 0.909. The topological polar surface area (TPSA) is 9.23 Å². The van der Waals surface area contributed by atoms with E-state index in [1.165, 1.54) is 0 Å². The number of para-hydroxylation sites is 1. The predicted octanol–water partition coefficient (Wildman–Crippen LogP) is 3.71. The van der Waals surface area contributed by atoms with Crippen molar-refractivity contribution in [1.82, 2.24) is 0 Å². The number of benzene rings is 1. The lowest BCUT2D eigenvalue weighted by Gasteiger charge is -2.03. The van der Waals surface area contributed by atoms with Gasteiger partial charge in [0.25, 0.3) is 0 Å². The Hall–Kier alpha value is -1.76. The number of allylic oxidation sites excluding steroid dienone is 3. The minimum atomic E-state index is 0.610. The van der Waals surface area contributed by atoms with Crippen molar-refractivity contribution in [2.24, 2.45) is 0 Å². The molecule has 0 atom stereocenters. The van der Waals surface area contributed by atoms with E-state index in [2.05, 4.69) is 13.2 Å². The van der Waals surface area contributed by atoms with Gasteiger partial charge in [-0.15, -0.1) is 0 Å². The van der Waals surface area contributed by atoms with Gasteiger partial charge < -0.3 is 4.74 Å². The van der Waals surface area contributed by atoms with Crippen molar-refractivity contribution < 1.29 is 4.74 Å². The second-order valence-corrected chi connectivity index (χ2v) is 3.06. The maximum Gasteiger partial charge on any atom is 0.127 e. The van der Waals surface area contributed by atoms with Gasteiger partial charge in [-0.25, -0.2) is 0 Å². The Bertz CT molecular complexity index is 347. The largest absolute Gasteiger partial charge is 0.458 e. The lowest BCUT2D eigenvalue weighted by atomic mass is 10.3. The molecule has 1 aromatic rings. The molecule has 1 heteroatoms. The van der Waals surface area contributed by atoms with Crippen molar-refractivity contribution in [3.05, 3.63) is 67.0 Å². The van der Waals surface area contributed by atoms with E-state index in [1.54, 1.807) is 6.08 Å². The van der Waals surface area contributed by atoms with E-state index >= 15 is 0 Å². The molecular weight excluding hydrogens is 172 g/mol. The molecule has 0 saturated heterocycles. The summed E-state index contributed by atoms with van der Waals surface area (Å²) in [6, 6.07) is 9.56. The molecule has 0 N–H and O–H groups in total. The number of hydrogen-bond acceptors (Lipinski definition) is 1. The summed E-state index contributed by atoms with van der Waals surface area (Å²) in [7, 11) is 0. The van der Waals surface area contributed by atoms with E-state index in [0.717, 1.165) is 11.3 Å². The van der Waals surface area contributed by atoms with Crippen LogP contribution in [0.15, 0.2) is 67.0 Å². The summed E-state index contributed by atoms with van der Waals surface area (Å²) in [6.07, 6.45) is 3.67. The Balaban J connectivity index is 2.54. The van der Waals surface area contributed by atoms with E-state index in [4.69, 9.17) is 4.74 Å². The molecule has 0 aromatic heterocycles. The van der Waals surface area contributed by atoms with Gasteiger partial charge in [-0.2, -0.15) is 0 Å². The summed E-state index contributed by atoms with van der Waals surface area (Å²) >= 11 is 0. The van der Waals surface area contributed by atoms with Gasteiger partial charge in [0.1, 0.15) is 11.5 Å². The van der Waals surface area contributed by atoms with Crippen LogP contribution in [-0.4, -0.2) is 0 Å². The SMILES string of the molecule is C=C(C)/C=C\C(=C)Oc1ccccc1. The molecule has 0 radical (unpaired) electrons. The molecule has 1 rings (SSSR count). The standard InChI is InChI=1S/C13H14O/c1-11(2)9-10-12(3)14-13-7-5-4-6-8-13/h4-10H,1,3H2,2H3/b10-9-. The van der Waals surface area contributed by atoms with Crippen LogP contribution in [0.4, 0.5) is 0 Å². The molecule has 0 aliphatic carbocycles. The number of rotatable bonds is 4. The first kappa shape index (κ1) is 10.3. The second kappa shape index (κ2) is 5.07. The molecule has 0 unspecified atom stereocenters. The Morgan fingerprint density at radius 1 is 1.14 bits per heavy atom. The first-order valence-corrected chi connectivity index (χ1v) is 4.44. The molecule has 0 aliphatic rings. The number of hydrogen-bond donors (Lipinski definition) is 0. The molecule has 1 nitrogen and oxygen atoms in total. The average molecular weight is 186 g/mol. The fraction of sp³-hybridized carbons (Fsp3) is 0.0769. The Morgan fingerprint density at radius 2 is 1.79 bits per heavy atom. The maximum atomic E-state index is 5.44. The first-order valence-electron chi connectivity index (χ1n) is 4.44. The minimum absolute atomic E-state index is 0.610. The quantitative estimate of drug-likeness (QED) is 0.514. The zero-order chi connectivity index (χ0) is 10.4. The monoisotopic (exact) mass is 186 g/mol. The summed E-state index contributed by atoms with van der Waals surface area (Å²) in [6.45, 7) is 9.45. The van der Waals surface area contributed by atoms with Crippen molar-refractivity contribution in [3.63, 3.8) is 0 Å². The van der Waals surface area contributed by atoms with Crippen molar-refractivity contribution in [3.8, 4) is 5.75 Å². The highest BCUT2D eigenvalue weighted by Gasteiger charge is 1.91. The smallest absolute Gasteiger partial charge is 0.127 e. The van der Waals surface area contributed by atoms with E-state index in [1.807, 2.05) is 43.3 Å². The van der Waals surface area contributed by atoms with Crippen LogP contribution in [0.2, 0.25) is 0 Å². The third-order valence-corrected chi connectivity index (χ3v) is 1.55. The lowest BCUT2D eigenvalue weighted by Crippen LogP contribution is -1.89. The summed E-state index contributed by atoms with van der Waals surface area (Å²) in [5, 5.41) is 0. The first-order chi connectivity index (χ1) is 6.68. The summed E-state index contributed by atoms with van der Waals surface area (Å²) < 4.78 is 5.44. The van der Waals surface area contributed by atoms with Crippen molar-refractivity contribution >= 4 is 0 Å². The highest BCUT2D eigenvalue weighted by atomic mass is 16.5. The molecule has 0 aliphatic heterocycles. The Morgan fingerprint density at radius 3 is 2.36 bits per heavy atom. The zero-order valence-electron chi connectivity index (χ0n) is 8.36. The molecule has 72 valence electrons. The molecule has 0 spiro atoms. The molecule has 0 bridgehead atoms. The normalized spacial score (nSPS) is 10.1. The van der Waals surface area contributed by atoms with Crippen LogP contribution in [0.5, 0.6) is 5.75 Å². The predicted molar refractivity (Wildman–Crippen MR) is 60.2 cm³/mol. The van der Waals surface area contributed by atoms with Gasteiger partial charge in [0, 0.05) is 0 Å². The second-order valence-electron chi connectivity index (χ2n) is 3.06. The van der Waals surface area contributed by atoms with Gasteiger partial charge in [0.15, 0.2) is 0 Å². The van der Waals surface area contributed by atoms with Gasteiger partial charge in [-0.3, -0.25) is 0 Å². The van der Waals surface area contributed by atoms with Crippen LogP contribution in [-0.2, 0) is 0 Å². The van der Waals surface area contributed by atoms with Crippen molar-refractivity contribution in [1.29, 1.82) is 0 Å². The molecule has 0 heterocycles. The molecule has 14 heavy (non-hydrogen) atoms. The fourth-order valence-corrected chi connectivity index (χ4v) is 0.909. The minimum Gasteiger partial charge on any atom is -0.458 e. The summed E-state index contributed by atoms with van der Waals surface area (Å²) in [5.41, 5.74) is 0.975. The van der Waals surface area contributed by atoms with Crippen LogP contribution >= 0.6 is 0 Å². The van der Waals surface area contributed by atoms with Crippen LogP contribution in [0.25, 0.3) is 0 Å². The average Bonchev–Trinajstić information content (AvgIpc) is 2.16. The molecule has 0 fully saturated rings. The Labute approximate surface area is 85.0 Å². The Kier molecular flexibility index (Phi) is 3.74. The van der Waals surface area contributed by atoms with E-state index < -0.39 is 0 Å². The lowest BCUT2D eigenvalue weighted by molar-refractivity contribution is 0.447. The zero-order valence-corrected chi connectivity index (χ0v) is 8.36. The highest BCUT2D eigenvalue weighted by molar-refractivity contribution is 5.27. The molecule has 1 aromatic carbocycles. The third kappa shape index (κ3) is 3.76. The van der Waals surface area contributed by atoms with E-state index in [9.17, 15) is 0 Å². The van der Waals surface area contributed by atoms with Crippen LogP contribution in [0.3, 0.4) is 0 Å². The van der Waals surface area contributed by atoms with Crippen LogP contribution in [0.1, 0.15) is 6.92 Å². The van der Waals surface area contributed by atoms with Crippen LogP contribution < -0.4 is 4.74 Å². The van der Waals surface area contributed by atoms with Gasteiger partial charge in [0.2, 0.25) is 0 Å². The van der Waals surface area contributed by atoms with Crippen molar-refractivity contribution in [2.75, 3.05) is 0 Å². The summed E-state index contributed by atoms with van der Waals surface area (Å²) in [4.78, 5) is 0. The van der Waals surface area contributed by atoms with E-state index in [0.29, 0.717) is 5.76 Å². The number of ether oxygens (including phenoxy) is 1. The van der Waals surface area contributed by atoms with E-state index in [-0.39, 0.29) is 0 Å². The van der Waals surface area contributed by atoms with Gasteiger partial charge >= 0.3 is 0 Å². The molecule has 0 saturated carbocycles. The highest BCUT2D eigenvalue weighted by Crippen LogP contribution is 2.12. The molecular formula is C13H14O.